The highest BCUT2D eigenvalue weighted by Crippen LogP contribution is 2.36. The zero-order chi connectivity index (χ0) is 27.7. The number of carbonyl (C=O) groups is 3. The second-order valence-corrected chi connectivity index (χ2v) is 12.4. The fourth-order valence-corrected chi connectivity index (χ4v) is 6.91. The van der Waals surface area contributed by atoms with E-state index in [4.69, 9.17) is 4.42 Å². The van der Waals surface area contributed by atoms with Crippen molar-refractivity contribution in [2.24, 2.45) is 23.7 Å². The van der Waals surface area contributed by atoms with Crippen LogP contribution in [0.2, 0.25) is 0 Å². The van der Waals surface area contributed by atoms with Gasteiger partial charge in [-0.25, -0.2) is 4.79 Å². The molecule has 0 radical (unpaired) electrons. The summed E-state index contributed by atoms with van der Waals surface area (Å²) in [4.78, 5) is 56.2. The first-order valence-electron chi connectivity index (χ1n) is 14.6. The number of benzene rings is 1. The van der Waals surface area contributed by atoms with Crippen LogP contribution in [0.5, 0.6) is 0 Å². The van der Waals surface area contributed by atoms with Gasteiger partial charge in [0.05, 0.1) is 5.52 Å². The molecular formula is C30H42N4O5. The summed E-state index contributed by atoms with van der Waals surface area (Å²) in [7, 11) is 0. The predicted octanol–water partition coefficient (Wildman–Crippen LogP) is 3.40. The molecule has 2 aromatic rings. The topological polar surface area (TPSA) is 105 Å². The summed E-state index contributed by atoms with van der Waals surface area (Å²) in [6.07, 6.45) is 5.21. The molecule has 5 rings (SSSR count). The molecule has 1 aromatic carbocycles. The van der Waals surface area contributed by atoms with E-state index < -0.39 is 5.76 Å². The first-order chi connectivity index (χ1) is 18.7. The predicted molar refractivity (Wildman–Crippen MR) is 148 cm³/mol. The summed E-state index contributed by atoms with van der Waals surface area (Å²) in [5, 5.41) is 3.24. The highest BCUT2D eigenvalue weighted by molar-refractivity contribution is 5.80. The lowest BCUT2D eigenvalue weighted by atomic mass is 9.77. The van der Waals surface area contributed by atoms with Crippen molar-refractivity contribution in [1.82, 2.24) is 19.7 Å². The van der Waals surface area contributed by atoms with Gasteiger partial charge in [-0.05, 0) is 67.9 Å². The van der Waals surface area contributed by atoms with E-state index >= 15 is 0 Å². The number of rotatable bonds is 3. The fourth-order valence-electron chi connectivity index (χ4n) is 6.91. The third-order valence-electron chi connectivity index (χ3n) is 9.06. The molecule has 0 spiro atoms. The van der Waals surface area contributed by atoms with Gasteiger partial charge in [0, 0.05) is 44.6 Å². The van der Waals surface area contributed by atoms with Crippen LogP contribution in [-0.4, -0.2) is 63.8 Å². The molecule has 1 aromatic heterocycles. The van der Waals surface area contributed by atoms with Crippen molar-refractivity contribution in [3.05, 3.63) is 34.8 Å². The smallest absolute Gasteiger partial charge is 0.408 e. The minimum Gasteiger partial charge on any atom is -0.408 e. The Hall–Kier alpha value is -3.10. The third kappa shape index (κ3) is 6.07. The number of nitrogens with one attached hydrogen (secondary N) is 1. The maximum atomic E-state index is 13.6. The molecule has 3 fully saturated rings. The number of oxazole rings is 1. The molecule has 212 valence electrons. The number of amides is 3. The first-order valence-corrected chi connectivity index (χ1v) is 14.6. The molecule has 3 saturated heterocycles. The number of fused-ring (bicyclic) bond motifs is 5. The van der Waals surface area contributed by atoms with Crippen LogP contribution in [0.3, 0.4) is 0 Å². The van der Waals surface area contributed by atoms with Gasteiger partial charge in [0.1, 0.15) is 6.54 Å². The molecule has 3 aliphatic heterocycles. The minimum atomic E-state index is -0.527. The zero-order valence-electron chi connectivity index (χ0n) is 23.4. The summed E-state index contributed by atoms with van der Waals surface area (Å²) in [5.74, 6) is 0.646. The molecule has 1 N–H and O–H groups in total. The van der Waals surface area contributed by atoms with E-state index in [1.165, 1.54) is 4.57 Å². The fraction of sp³-hybridized carbons (Fsp3) is 0.667. The maximum absolute atomic E-state index is 13.6. The lowest BCUT2D eigenvalue weighted by Gasteiger charge is -2.51. The summed E-state index contributed by atoms with van der Waals surface area (Å²) < 4.78 is 6.72. The van der Waals surface area contributed by atoms with E-state index in [0.717, 1.165) is 25.7 Å². The molecule has 5 atom stereocenters. The lowest BCUT2D eigenvalue weighted by Crippen LogP contribution is -2.60. The van der Waals surface area contributed by atoms with Gasteiger partial charge in [0.15, 0.2) is 5.58 Å². The van der Waals surface area contributed by atoms with E-state index in [1.807, 2.05) is 11.0 Å². The summed E-state index contributed by atoms with van der Waals surface area (Å²) >= 11 is 0. The van der Waals surface area contributed by atoms with Crippen LogP contribution in [0.4, 0.5) is 0 Å². The monoisotopic (exact) mass is 538 g/mol. The highest BCUT2D eigenvalue weighted by atomic mass is 16.4. The van der Waals surface area contributed by atoms with Gasteiger partial charge in [0.2, 0.25) is 17.7 Å². The van der Waals surface area contributed by atoms with E-state index in [2.05, 4.69) is 31.0 Å². The van der Waals surface area contributed by atoms with Gasteiger partial charge in [-0.2, -0.15) is 0 Å². The summed E-state index contributed by atoms with van der Waals surface area (Å²) in [6, 6.07) is 7.29. The quantitative estimate of drug-likeness (QED) is 0.645. The van der Waals surface area contributed by atoms with Gasteiger partial charge < -0.3 is 19.5 Å². The van der Waals surface area contributed by atoms with Crippen molar-refractivity contribution in [2.45, 2.75) is 84.3 Å². The number of hydrogen-bond acceptors (Lipinski definition) is 5. The number of likely N-dealkylation sites (tertiary alicyclic amines) is 1. The molecule has 9 heteroatoms. The molecule has 39 heavy (non-hydrogen) atoms. The molecular weight excluding hydrogens is 496 g/mol. The Morgan fingerprint density at radius 1 is 1.08 bits per heavy atom. The van der Waals surface area contributed by atoms with Gasteiger partial charge in [0.25, 0.3) is 0 Å². The van der Waals surface area contributed by atoms with Crippen molar-refractivity contribution >= 4 is 28.8 Å². The first kappa shape index (κ1) is 27.5. The van der Waals surface area contributed by atoms with Gasteiger partial charge in [-0.15, -0.1) is 0 Å². The van der Waals surface area contributed by atoms with E-state index in [1.54, 1.807) is 18.2 Å². The van der Waals surface area contributed by atoms with Gasteiger partial charge >= 0.3 is 5.76 Å². The highest BCUT2D eigenvalue weighted by Gasteiger charge is 2.43. The Balaban J connectivity index is 1.31. The standard InChI is InChI=1S/C30H42N4O5/c1-19(2)23-12-11-20(3)13-28(36)33-16-21-14-22(24(33)8-6-10-27(35)31-23)17-32(15-21)29(37)18-34-25-7-4-5-9-26(25)39-30(34)38/h4-5,7,9,19-24H,6,8,10-18H2,1-3H3,(H,31,35)/t20-,21+,22-,23+,24+/m1/s1. The Morgan fingerprint density at radius 2 is 1.87 bits per heavy atom. The number of carbonyl (C=O) groups excluding carboxylic acids is 3. The van der Waals surface area contributed by atoms with Crippen molar-refractivity contribution in [2.75, 3.05) is 19.6 Å². The maximum Gasteiger partial charge on any atom is 0.420 e. The van der Waals surface area contributed by atoms with Crippen molar-refractivity contribution in [1.29, 1.82) is 0 Å². The summed E-state index contributed by atoms with van der Waals surface area (Å²) in [5.41, 5.74) is 1.09. The Morgan fingerprint density at radius 3 is 2.67 bits per heavy atom. The second kappa shape index (κ2) is 11.6. The van der Waals surface area contributed by atoms with Crippen LogP contribution >= 0.6 is 0 Å². The molecule has 3 aliphatic rings. The Bertz CT molecular complexity index is 1270. The van der Waals surface area contributed by atoms with E-state index in [9.17, 15) is 19.2 Å². The van der Waals surface area contributed by atoms with Crippen LogP contribution in [0.1, 0.15) is 65.7 Å². The van der Waals surface area contributed by atoms with Crippen LogP contribution in [0.25, 0.3) is 11.1 Å². The number of para-hydroxylation sites is 2. The number of nitrogens with zero attached hydrogens (tertiary/aromatic N) is 3. The molecule has 0 unspecified atom stereocenters. The van der Waals surface area contributed by atoms with Crippen LogP contribution in [0, 0.1) is 23.7 Å². The SMILES string of the molecule is CC(C)[C@@H]1CC[C@@H](C)CC(=O)N2C[C@H]3C[C@H](CN(C(=O)Cn4c(=O)oc5ccccc54)C3)[C@@H]2CCCC(=O)N1. The molecule has 3 amide bonds. The summed E-state index contributed by atoms with van der Waals surface area (Å²) in [6.45, 7) is 8.15. The number of aromatic nitrogens is 1. The molecule has 0 saturated carbocycles. The minimum absolute atomic E-state index is 0.0171. The van der Waals surface area contributed by atoms with Crippen LogP contribution in [0.15, 0.2) is 33.5 Å². The molecule has 4 heterocycles. The number of piperidine rings is 2. The van der Waals surface area contributed by atoms with E-state index in [0.29, 0.717) is 55.9 Å². The van der Waals surface area contributed by atoms with E-state index in [-0.39, 0.29) is 54.1 Å². The molecule has 9 nitrogen and oxygen atoms in total. The largest absolute Gasteiger partial charge is 0.420 e. The Labute approximate surface area is 229 Å². The Kier molecular flexibility index (Phi) is 8.14. The van der Waals surface area contributed by atoms with Gasteiger partial charge in [-0.1, -0.05) is 32.9 Å². The number of hydrogen-bond donors (Lipinski definition) is 1. The third-order valence-corrected chi connectivity index (χ3v) is 9.06. The average Bonchev–Trinajstić information content (AvgIpc) is 3.21. The molecule has 0 aliphatic carbocycles. The van der Waals surface area contributed by atoms with Crippen molar-refractivity contribution in [3.8, 4) is 0 Å². The van der Waals surface area contributed by atoms with Gasteiger partial charge in [-0.3, -0.25) is 19.0 Å². The van der Waals surface area contributed by atoms with Crippen LogP contribution < -0.4 is 11.1 Å². The molecule has 2 bridgehead atoms. The average molecular weight is 539 g/mol. The second-order valence-electron chi connectivity index (χ2n) is 12.4. The van der Waals surface area contributed by atoms with Crippen LogP contribution in [-0.2, 0) is 20.9 Å². The lowest BCUT2D eigenvalue weighted by molar-refractivity contribution is -0.146. The zero-order valence-corrected chi connectivity index (χ0v) is 23.4. The van der Waals surface area contributed by atoms with Crippen molar-refractivity contribution in [3.63, 3.8) is 0 Å². The van der Waals surface area contributed by atoms with Crippen molar-refractivity contribution < 1.29 is 18.8 Å². The normalized spacial score (nSPS) is 28.9.